The third kappa shape index (κ3) is 29.7. The van der Waals surface area contributed by atoms with Crippen LogP contribution in [0.1, 0.15) is 142 Å². The van der Waals surface area contributed by atoms with Crippen LogP contribution in [0, 0.1) is 0 Å². The number of hydrogen-bond acceptors (Lipinski definition) is 6. The van der Waals surface area contributed by atoms with Crippen molar-refractivity contribution in [2.24, 2.45) is 0 Å². The molecule has 0 aromatic heterocycles. The van der Waals surface area contributed by atoms with Crippen LogP contribution in [0.4, 0.5) is 0 Å². The largest absolute Gasteiger partial charge is 0.756 e. The van der Waals surface area contributed by atoms with Crippen molar-refractivity contribution in [3.05, 3.63) is 24.3 Å². The minimum Gasteiger partial charge on any atom is -0.756 e. The molecule has 0 aliphatic carbocycles. The number of phosphoric acid groups is 1. The summed E-state index contributed by atoms with van der Waals surface area (Å²) >= 11 is 0. The Labute approximate surface area is 271 Å². The van der Waals surface area contributed by atoms with Gasteiger partial charge >= 0.3 is 0 Å². The summed E-state index contributed by atoms with van der Waals surface area (Å²) < 4.78 is 22.9. The number of nitrogens with one attached hydrogen (secondary N) is 1. The van der Waals surface area contributed by atoms with Crippen LogP contribution < -0.4 is 10.2 Å². The monoisotopic (exact) mass is 644 g/mol. The minimum atomic E-state index is -4.57. The molecule has 0 rings (SSSR count). The summed E-state index contributed by atoms with van der Waals surface area (Å²) in [6.07, 6.45) is 29.6. The lowest BCUT2D eigenvalue weighted by Crippen LogP contribution is -2.45. The number of unbranched alkanes of at least 4 members (excludes halogenated alkanes) is 16. The lowest BCUT2D eigenvalue weighted by atomic mass is 10.0. The fourth-order valence-corrected chi connectivity index (χ4v) is 5.48. The van der Waals surface area contributed by atoms with E-state index in [-0.39, 0.29) is 12.5 Å². The molecule has 0 radical (unpaired) electrons. The summed E-state index contributed by atoms with van der Waals surface area (Å²) in [6, 6.07) is -0.894. The van der Waals surface area contributed by atoms with Crippen LogP contribution in [0.5, 0.6) is 0 Å². The van der Waals surface area contributed by atoms with Crippen molar-refractivity contribution in [2.45, 2.75) is 154 Å². The molecule has 0 spiro atoms. The Bertz CT molecular complexity index is 784. The molecule has 0 bridgehead atoms. The minimum absolute atomic E-state index is 0.00545. The zero-order chi connectivity index (χ0) is 32.9. The van der Waals surface area contributed by atoms with E-state index in [0.717, 1.165) is 44.9 Å². The summed E-state index contributed by atoms with van der Waals surface area (Å²) in [6.45, 7) is 4.49. The van der Waals surface area contributed by atoms with Crippen molar-refractivity contribution in [3.63, 3.8) is 0 Å². The number of hydrogen-bond donors (Lipinski definition) is 2. The second kappa shape index (κ2) is 28.2. The Morgan fingerprint density at radius 1 is 0.773 bits per heavy atom. The van der Waals surface area contributed by atoms with Crippen LogP contribution in [0.2, 0.25) is 0 Å². The van der Waals surface area contributed by atoms with Gasteiger partial charge in [-0.3, -0.25) is 9.36 Å². The highest BCUT2D eigenvalue weighted by Crippen LogP contribution is 2.38. The van der Waals surface area contributed by atoms with Gasteiger partial charge in [-0.25, -0.2) is 0 Å². The number of carbonyl (C=O) groups excluding carboxylic acids is 1. The van der Waals surface area contributed by atoms with Crippen molar-refractivity contribution in [3.8, 4) is 0 Å². The van der Waals surface area contributed by atoms with E-state index in [1.54, 1.807) is 6.08 Å². The number of likely N-dealkylation sites (N-methyl/N-ethyl adjacent to an activating group) is 1. The van der Waals surface area contributed by atoms with Gasteiger partial charge in [0.15, 0.2) is 0 Å². The number of quaternary nitrogens is 1. The lowest BCUT2D eigenvalue weighted by molar-refractivity contribution is -0.870. The van der Waals surface area contributed by atoms with Crippen LogP contribution in [-0.2, 0) is 18.4 Å². The summed E-state index contributed by atoms with van der Waals surface area (Å²) in [5.41, 5.74) is 0. The molecular formula is C35H69N2O6P. The molecule has 0 aromatic carbocycles. The normalized spacial score (nSPS) is 15.2. The van der Waals surface area contributed by atoms with Gasteiger partial charge < -0.3 is 28.8 Å². The average Bonchev–Trinajstić information content (AvgIpc) is 2.95. The van der Waals surface area contributed by atoms with E-state index < -0.39 is 26.6 Å². The smallest absolute Gasteiger partial charge is 0.268 e. The zero-order valence-electron chi connectivity index (χ0n) is 29.1. The highest BCUT2D eigenvalue weighted by Gasteiger charge is 2.23. The number of amides is 1. The van der Waals surface area contributed by atoms with E-state index in [2.05, 4.69) is 31.3 Å². The van der Waals surface area contributed by atoms with Crippen molar-refractivity contribution >= 4 is 13.7 Å². The van der Waals surface area contributed by atoms with Gasteiger partial charge in [-0.15, -0.1) is 0 Å². The lowest BCUT2D eigenvalue weighted by Gasteiger charge is -2.29. The molecule has 0 aliphatic rings. The van der Waals surface area contributed by atoms with Gasteiger partial charge in [0.2, 0.25) is 5.91 Å². The molecule has 0 saturated heterocycles. The third-order valence-electron chi connectivity index (χ3n) is 7.65. The molecule has 44 heavy (non-hydrogen) atoms. The number of allylic oxidation sites excluding steroid dienone is 3. The molecule has 0 fully saturated rings. The zero-order valence-corrected chi connectivity index (χ0v) is 30.0. The van der Waals surface area contributed by atoms with Crippen LogP contribution >= 0.6 is 7.82 Å². The number of nitrogens with zero attached hydrogens (tertiary/aromatic N) is 1. The van der Waals surface area contributed by atoms with E-state index in [4.69, 9.17) is 9.05 Å². The number of rotatable bonds is 31. The molecule has 260 valence electrons. The predicted octanol–water partition coefficient (Wildman–Crippen LogP) is 7.99. The van der Waals surface area contributed by atoms with Crippen molar-refractivity contribution in [2.75, 3.05) is 40.9 Å². The maximum absolute atomic E-state index is 12.7. The molecule has 0 saturated carbocycles. The first-order chi connectivity index (χ1) is 21.0. The fraction of sp³-hybridized carbons (Fsp3) is 0.857. The van der Waals surface area contributed by atoms with Crippen LogP contribution in [-0.4, -0.2) is 68.5 Å². The first kappa shape index (κ1) is 43.0. The van der Waals surface area contributed by atoms with Crippen LogP contribution in [0.15, 0.2) is 24.3 Å². The average molecular weight is 645 g/mol. The standard InChI is InChI=1S/C35H69N2O6P/c1-6-8-10-12-14-15-16-17-18-19-20-21-23-25-27-29-35(39)36-33(34(38)28-26-24-22-13-11-9-7-2)32-43-44(40,41)42-31-30-37(3,4)5/h11,13,26,28,33-34,38H,6-10,12,14-25,27,29-32H2,1-5H3,(H-,36,39,40,41)/b13-11+,28-26+. The van der Waals surface area contributed by atoms with Crippen LogP contribution in [0.25, 0.3) is 0 Å². The molecule has 3 atom stereocenters. The van der Waals surface area contributed by atoms with E-state index in [9.17, 15) is 19.4 Å². The van der Waals surface area contributed by atoms with Crippen LogP contribution in [0.3, 0.4) is 0 Å². The first-order valence-corrected chi connectivity index (χ1v) is 19.2. The second-order valence-electron chi connectivity index (χ2n) is 13.2. The van der Waals surface area contributed by atoms with E-state index in [1.807, 2.05) is 27.2 Å². The number of carbonyl (C=O) groups is 1. The second-order valence-corrected chi connectivity index (χ2v) is 14.6. The maximum Gasteiger partial charge on any atom is 0.268 e. The Morgan fingerprint density at radius 2 is 1.27 bits per heavy atom. The summed E-state index contributed by atoms with van der Waals surface area (Å²) in [5, 5.41) is 13.5. The van der Waals surface area contributed by atoms with E-state index >= 15 is 0 Å². The highest BCUT2D eigenvalue weighted by atomic mass is 31.2. The van der Waals surface area contributed by atoms with Crippen molar-refractivity contribution in [1.29, 1.82) is 0 Å². The summed E-state index contributed by atoms with van der Waals surface area (Å²) in [4.78, 5) is 25.0. The van der Waals surface area contributed by atoms with Gasteiger partial charge in [0.1, 0.15) is 13.2 Å². The Balaban J connectivity index is 4.44. The van der Waals surface area contributed by atoms with E-state index in [1.165, 1.54) is 77.0 Å². The molecule has 3 unspecified atom stereocenters. The van der Waals surface area contributed by atoms with Gasteiger partial charge in [-0.1, -0.05) is 134 Å². The topological polar surface area (TPSA) is 108 Å². The number of aliphatic hydroxyl groups is 1. The molecule has 0 heterocycles. The van der Waals surface area contributed by atoms with Crippen molar-refractivity contribution in [1.82, 2.24) is 5.32 Å². The highest BCUT2D eigenvalue weighted by molar-refractivity contribution is 7.45. The molecule has 2 N–H and O–H groups in total. The number of aliphatic hydroxyl groups excluding tert-OH is 1. The SMILES string of the molecule is CCC/C=C/CC/C=C/C(O)C(COP(=O)([O-])OCC[N+](C)(C)C)NC(=O)CCCCCCCCCCCCCCCCC. The Morgan fingerprint density at radius 3 is 1.80 bits per heavy atom. The first-order valence-electron chi connectivity index (χ1n) is 17.7. The summed E-state index contributed by atoms with van der Waals surface area (Å²) in [7, 11) is 1.24. The predicted molar refractivity (Wildman–Crippen MR) is 182 cm³/mol. The molecular weight excluding hydrogens is 575 g/mol. The Kier molecular flexibility index (Phi) is 27.6. The molecule has 0 aliphatic heterocycles. The van der Waals surface area contributed by atoms with Gasteiger partial charge in [0.05, 0.1) is 39.9 Å². The van der Waals surface area contributed by atoms with Gasteiger partial charge in [-0.2, -0.15) is 0 Å². The van der Waals surface area contributed by atoms with E-state index in [0.29, 0.717) is 17.4 Å². The van der Waals surface area contributed by atoms with Gasteiger partial charge in [0.25, 0.3) is 7.82 Å². The number of phosphoric ester groups is 1. The molecule has 8 nitrogen and oxygen atoms in total. The Hall–Kier alpha value is -1.02. The molecule has 1 amide bonds. The quantitative estimate of drug-likeness (QED) is 0.0343. The fourth-order valence-electron chi connectivity index (χ4n) is 4.76. The molecule has 0 aromatic rings. The third-order valence-corrected chi connectivity index (χ3v) is 8.61. The maximum atomic E-state index is 12.7. The molecule has 9 heteroatoms. The van der Waals surface area contributed by atoms with Crippen molar-refractivity contribution < 1.29 is 32.9 Å². The van der Waals surface area contributed by atoms with Gasteiger partial charge in [-0.05, 0) is 25.7 Å². The van der Waals surface area contributed by atoms with Gasteiger partial charge in [0, 0.05) is 6.42 Å². The summed E-state index contributed by atoms with van der Waals surface area (Å²) in [5.74, 6) is -0.213.